The Balaban J connectivity index is 1.73. The number of phenols is 1. The van der Waals surface area contributed by atoms with Gasteiger partial charge in [0.1, 0.15) is 35.5 Å². The molecule has 17 heteroatoms. The molecule has 0 bridgehead atoms. The van der Waals surface area contributed by atoms with Crippen molar-refractivity contribution in [1.82, 2.24) is 31.5 Å². The molecule has 1 heterocycles. The van der Waals surface area contributed by atoms with E-state index in [0.29, 0.717) is 17.5 Å². The van der Waals surface area contributed by atoms with Gasteiger partial charge >= 0.3 is 12.1 Å². The van der Waals surface area contributed by atoms with Gasteiger partial charge in [0.05, 0.1) is 12.6 Å². The lowest BCUT2D eigenvalue weighted by molar-refractivity contribution is -0.145. The second-order valence-electron chi connectivity index (χ2n) is 15.5. The topological polar surface area (TPSA) is 253 Å². The molecule has 0 aromatic heterocycles. The molecule has 2 aromatic rings. The molecule has 0 unspecified atom stereocenters. The first-order valence-electron chi connectivity index (χ1n) is 18.9. The first kappa shape index (κ1) is 45.7. The highest BCUT2D eigenvalue weighted by molar-refractivity contribution is 5.96. The third-order valence-corrected chi connectivity index (χ3v) is 8.95. The molecule has 6 atom stereocenters. The van der Waals surface area contributed by atoms with Gasteiger partial charge in [-0.1, -0.05) is 56.3 Å². The largest absolute Gasteiger partial charge is 0.508 e. The van der Waals surface area contributed by atoms with E-state index in [2.05, 4.69) is 26.6 Å². The number of carboxylic acids is 1. The number of ether oxygens (including phenoxy) is 1. The lowest BCUT2D eigenvalue weighted by atomic mass is 10.0. The number of alkyl carbamates (subject to hydrolysis) is 1. The molecular formula is C40H56N6O11. The van der Waals surface area contributed by atoms with E-state index in [1.807, 2.05) is 0 Å². The fourth-order valence-electron chi connectivity index (χ4n) is 6.23. The molecule has 0 radical (unpaired) electrons. The van der Waals surface area contributed by atoms with Gasteiger partial charge in [0.15, 0.2) is 6.04 Å². The van der Waals surface area contributed by atoms with Crippen molar-refractivity contribution < 1.29 is 53.6 Å². The summed E-state index contributed by atoms with van der Waals surface area (Å²) in [6.45, 7) is 9.49. The Labute approximate surface area is 332 Å². The van der Waals surface area contributed by atoms with Crippen LogP contribution in [0.25, 0.3) is 0 Å². The average molecular weight is 797 g/mol. The molecule has 2 aromatic carbocycles. The average Bonchev–Trinajstić information content (AvgIpc) is 3.62. The molecule has 1 saturated heterocycles. The molecule has 1 aliphatic rings. The number of hydrogen-bond acceptors (Lipinski definition) is 10. The Morgan fingerprint density at radius 1 is 0.807 bits per heavy atom. The molecule has 0 aliphatic carbocycles. The van der Waals surface area contributed by atoms with Crippen LogP contribution in [0.2, 0.25) is 0 Å². The summed E-state index contributed by atoms with van der Waals surface area (Å²) in [7, 11) is 0. The van der Waals surface area contributed by atoms with E-state index in [1.165, 1.54) is 24.0 Å². The fraction of sp³-hybridized carbons (Fsp3) is 0.525. The van der Waals surface area contributed by atoms with Gasteiger partial charge in [-0.2, -0.15) is 0 Å². The maximum absolute atomic E-state index is 13.9. The van der Waals surface area contributed by atoms with Crippen LogP contribution in [0.4, 0.5) is 4.79 Å². The summed E-state index contributed by atoms with van der Waals surface area (Å²) in [5, 5.41) is 41.7. The van der Waals surface area contributed by atoms with Crippen molar-refractivity contribution in [3.63, 3.8) is 0 Å². The molecule has 1 aliphatic heterocycles. The van der Waals surface area contributed by atoms with Crippen LogP contribution in [-0.4, -0.2) is 117 Å². The van der Waals surface area contributed by atoms with Gasteiger partial charge < -0.3 is 51.5 Å². The number of rotatable bonds is 18. The minimum atomic E-state index is -1.62. The van der Waals surface area contributed by atoms with E-state index in [-0.39, 0.29) is 43.9 Å². The number of likely N-dealkylation sites (tertiary alicyclic amines) is 1. The first-order chi connectivity index (χ1) is 26.7. The van der Waals surface area contributed by atoms with Gasteiger partial charge in [-0.15, -0.1) is 0 Å². The second-order valence-corrected chi connectivity index (χ2v) is 15.5. The van der Waals surface area contributed by atoms with Gasteiger partial charge in [0.25, 0.3) is 0 Å². The zero-order valence-corrected chi connectivity index (χ0v) is 33.2. The van der Waals surface area contributed by atoms with Crippen molar-refractivity contribution in [2.24, 2.45) is 5.92 Å². The van der Waals surface area contributed by atoms with Crippen LogP contribution < -0.4 is 26.6 Å². The van der Waals surface area contributed by atoms with Crippen molar-refractivity contribution in [1.29, 1.82) is 0 Å². The number of benzene rings is 2. The van der Waals surface area contributed by atoms with E-state index in [4.69, 9.17) is 4.74 Å². The first-order valence-corrected chi connectivity index (χ1v) is 18.9. The van der Waals surface area contributed by atoms with E-state index in [1.54, 1.807) is 77.1 Å². The predicted molar refractivity (Wildman–Crippen MR) is 207 cm³/mol. The molecule has 0 spiro atoms. The summed E-state index contributed by atoms with van der Waals surface area (Å²) in [6.07, 6.45) is -1.33. The smallest absolute Gasteiger partial charge is 0.408 e. The van der Waals surface area contributed by atoms with Gasteiger partial charge in [-0.3, -0.25) is 24.0 Å². The van der Waals surface area contributed by atoms with Crippen LogP contribution in [0.3, 0.4) is 0 Å². The number of carbonyl (C=O) groups excluding carboxylic acids is 6. The predicted octanol–water partition coefficient (Wildman–Crippen LogP) is 1.14. The van der Waals surface area contributed by atoms with E-state index < -0.39 is 90.1 Å². The third-order valence-electron chi connectivity index (χ3n) is 8.95. The van der Waals surface area contributed by atoms with Crippen molar-refractivity contribution in [3.05, 3.63) is 65.7 Å². The summed E-state index contributed by atoms with van der Waals surface area (Å²) in [5.74, 6) is -5.03. The Morgan fingerprint density at radius 2 is 1.40 bits per heavy atom. The van der Waals surface area contributed by atoms with Crippen LogP contribution >= 0.6 is 0 Å². The number of aliphatic hydroxyl groups is 1. The molecule has 57 heavy (non-hydrogen) atoms. The maximum atomic E-state index is 13.9. The SMILES string of the molecule is CC(C)C[C@H](NC(=O)[C@H](Cc1ccccc1)NC(=O)CNC(=O)[C@@H]1CCCN1C(=O)[C@H](Cc1ccc(O)cc1)NC(=O)OC(C)(C)C)C(=O)N[C@@H](C(=O)O)[C@H](C)O. The number of aliphatic hydroxyl groups excluding tert-OH is 1. The Kier molecular flexibility index (Phi) is 16.8. The second kappa shape index (κ2) is 21.0. The summed E-state index contributed by atoms with van der Waals surface area (Å²) in [6, 6.07) is 8.72. The normalized spacial score (nSPS) is 16.6. The number of phenolic OH excluding ortho intramolecular Hbond substituents is 1. The van der Waals surface area contributed by atoms with Crippen molar-refractivity contribution in [3.8, 4) is 5.75 Å². The lowest BCUT2D eigenvalue weighted by Crippen LogP contribution is -2.58. The Hall–Kier alpha value is -5.71. The summed E-state index contributed by atoms with van der Waals surface area (Å²) >= 11 is 0. The number of nitrogens with one attached hydrogen (secondary N) is 5. The highest BCUT2D eigenvalue weighted by Crippen LogP contribution is 2.21. The highest BCUT2D eigenvalue weighted by atomic mass is 16.6. The Morgan fingerprint density at radius 3 is 1.98 bits per heavy atom. The van der Waals surface area contributed by atoms with Crippen LogP contribution in [0.5, 0.6) is 5.75 Å². The van der Waals surface area contributed by atoms with Gasteiger partial charge in [0.2, 0.25) is 29.5 Å². The summed E-state index contributed by atoms with van der Waals surface area (Å²) in [4.78, 5) is 93.3. The molecule has 1 fully saturated rings. The molecule has 3 rings (SSSR count). The van der Waals surface area contributed by atoms with Gasteiger partial charge in [0, 0.05) is 19.4 Å². The minimum absolute atomic E-state index is 0.00573. The summed E-state index contributed by atoms with van der Waals surface area (Å²) < 4.78 is 5.38. The molecule has 8 N–H and O–H groups in total. The highest BCUT2D eigenvalue weighted by Gasteiger charge is 2.39. The number of amides is 6. The van der Waals surface area contributed by atoms with E-state index >= 15 is 0 Å². The van der Waals surface area contributed by atoms with Gasteiger partial charge in [-0.25, -0.2) is 9.59 Å². The molecule has 17 nitrogen and oxygen atoms in total. The lowest BCUT2D eigenvalue weighted by Gasteiger charge is -2.29. The monoisotopic (exact) mass is 796 g/mol. The number of aromatic hydroxyl groups is 1. The fourth-order valence-corrected chi connectivity index (χ4v) is 6.23. The minimum Gasteiger partial charge on any atom is -0.508 e. The quantitative estimate of drug-likeness (QED) is 0.106. The molecule has 6 amide bonds. The van der Waals surface area contributed by atoms with Crippen LogP contribution in [0.15, 0.2) is 54.6 Å². The number of hydrogen-bond donors (Lipinski definition) is 8. The van der Waals surface area contributed by atoms with Crippen molar-refractivity contribution >= 4 is 41.6 Å². The Bertz CT molecular complexity index is 1710. The van der Waals surface area contributed by atoms with Crippen molar-refractivity contribution in [2.45, 2.75) is 116 Å². The van der Waals surface area contributed by atoms with E-state index in [9.17, 15) is 48.9 Å². The molecular weight excluding hydrogens is 740 g/mol. The standard InChI is InChI=1S/C40H56N6O11/c1-23(2)19-28(35(51)45-33(24(3)47)38(54)55)43-34(50)29(20-25-11-8-7-9-12-25)42-32(49)22-41-36(52)31-13-10-18-46(31)37(53)30(44-39(56)57-40(4,5)6)21-26-14-16-27(48)17-15-26/h7-9,11-12,14-17,23-24,28-31,33,47-48H,10,13,18-22H2,1-6H3,(H,41,52)(H,42,49)(H,43,50)(H,44,56)(H,45,51)(H,54,55)/t24-,28-,29-,30-,31-,33+/m0/s1. The third kappa shape index (κ3) is 15.0. The zero-order chi connectivity index (χ0) is 42.4. The number of aliphatic carboxylic acids is 1. The van der Waals surface area contributed by atoms with E-state index in [0.717, 1.165) is 0 Å². The van der Waals surface area contributed by atoms with Crippen LogP contribution in [0, 0.1) is 5.92 Å². The number of carboxylic acid groups (broad SMARTS) is 1. The number of carbonyl (C=O) groups is 7. The summed E-state index contributed by atoms with van der Waals surface area (Å²) in [5.41, 5.74) is 0.463. The van der Waals surface area contributed by atoms with Crippen molar-refractivity contribution in [2.75, 3.05) is 13.1 Å². The zero-order valence-electron chi connectivity index (χ0n) is 33.2. The van der Waals surface area contributed by atoms with Crippen LogP contribution in [-0.2, 0) is 46.3 Å². The molecule has 312 valence electrons. The maximum Gasteiger partial charge on any atom is 0.408 e. The number of nitrogens with zero attached hydrogens (tertiary/aromatic N) is 1. The molecule has 0 saturated carbocycles. The van der Waals surface area contributed by atoms with Gasteiger partial charge in [-0.05, 0) is 76.1 Å². The van der Waals surface area contributed by atoms with Crippen LogP contribution in [0.1, 0.15) is 71.9 Å².